The van der Waals surface area contributed by atoms with Gasteiger partial charge >= 0.3 is 0 Å². The van der Waals surface area contributed by atoms with Gasteiger partial charge in [0.05, 0.1) is 47.8 Å². The number of rotatable bonds is 6. The van der Waals surface area contributed by atoms with Gasteiger partial charge in [-0.1, -0.05) is 36.4 Å². The zero-order valence-corrected chi connectivity index (χ0v) is 23.7. The van der Waals surface area contributed by atoms with Crippen molar-refractivity contribution >= 4 is 35.0 Å². The molecular formula is C36H24N2O6. The van der Waals surface area contributed by atoms with E-state index in [1.165, 1.54) is 9.80 Å². The molecule has 44 heavy (non-hydrogen) atoms. The normalized spacial score (nSPS) is 13.8. The highest BCUT2D eigenvalue weighted by atomic mass is 16.5. The number of ether oxygens (including phenoxy) is 2. The first-order chi connectivity index (χ1) is 21.4. The van der Waals surface area contributed by atoms with Crippen LogP contribution >= 0.6 is 0 Å². The molecule has 0 spiro atoms. The number of hydrogen-bond donors (Lipinski definition) is 0. The van der Waals surface area contributed by atoms with Gasteiger partial charge in [-0.3, -0.25) is 19.2 Å². The first-order valence-electron chi connectivity index (χ1n) is 13.8. The minimum atomic E-state index is -0.380. The molecular weight excluding hydrogens is 556 g/mol. The third-order valence-electron chi connectivity index (χ3n) is 7.99. The van der Waals surface area contributed by atoms with Crippen molar-refractivity contribution in [3.8, 4) is 33.8 Å². The molecule has 0 atom stereocenters. The molecule has 4 amide bonds. The first kappa shape index (κ1) is 26.9. The van der Waals surface area contributed by atoms with E-state index in [4.69, 9.17) is 9.47 Å². The molecule has 214 valence electrons. The maximum absolute atomic E-state index is 13.3. The zero-order chi connectivity index (χ0) is 30.5. The Bertz CT molecular complexity index is 1850. The van der Waals surface area contributed by atoms with Gasteiger partial charge in [-0.15, -0.1) is 0 Å². The van der Waals surface area contributed by atoms with Crippen LogP contribution in [0.5, 0.6) is 11.5 Å². The maximum Gasteiger partial charge on any atom is 0.266 e. The Kier molecular flexibility index (Phi) is 6.32. The van der Waals surface area contributed by atoms with Crippen molar-refractivity contribution in [2.45, 2.75) is 0 Å². The number of benzene rings is 5. The van der Waals surface area contributed by atoms with Crippen molar-refractivity contribution in [1.82, 2.24) is 0 Å². The zero-order valence-electron chi connectivity index (χ0n) is 23.7. The van der Waals surface area contributed by atoms with E-state index in [-0.39, 0.29) is 23.6 Å². The van der Waals surface area contributed by atoms with E-state index in [0.717, 1.165) is 22.3 Å². The van der Waals surface area contributed by atoms with Gasteiger partial charge in [-0.05, 0) is 95.1 Å². The molecule has 0 bridgehead atoms. The summed E-state index contributed by atoms with van der Waals surface area (Å²) in [5, 5.41) is 0. The Labute approximate surface area is 252 Å². The quantitative estimate of drug-likeness (QED) is 0.209. The number of hydrogen-bond acceptors (Lipinski definition) is 6. The van der Waals surface area contributed by atoms with Crippen molar-refractivity contribution in [3.63, 3.8) is 0 Å². The van der Waals surface area contributed by atoms with Crippen LogP contribution in [-0.4, -0.2) is 37.8 Å². The smallest absolute Gasteiger partial charge is 0.266 e. The van der Waals surface area contributed by atoms with Crippen molar-refractivity contribution < 1.29 is 28.7 Å². The highest BCUT2D eigenvalue weighted by molar-refractivity contribution is 6.35. The molecule has 8 heteroatoms. The molecule has 0 aliphatic carbocycles. The molecule has 0 aromatic heterocycles. The largest absolute Gasteiger partial charge is 0.497 e. The summed E-state index contributed by atoms with van der Waals surface area (Å²) in [5.41, 5.74) is 5.64. The third kappa shape index (κ3) is 4.23. The van der Waals surface area contributed by atoms with Gasteiger partial charge < -0.3 is 9.47 Å². The lowest BCUT2D eigenvalue weighted by Gasteiger charge is -2.14. The molecule has 5 aromatic carbocycles. The standard InChI is InChI=1S/C36H24N2O6/c1-43-27-13-9-25(10-14-27)37-33(39)29-17-7-23(19-31(29)35(37)41)21-3-5-22(6-4-21)24-8-18-30-32(20-24)36(42)38(34(30)40)26-11-15-28(44-2)16-12-26/h3-20H,1-2H3. The number of nitrogens with zero attached hydrogens (tertiary/aromatic N) is 2. The highest BCUT2D eigenvalue weighted by Crippen LogP contribution is 2.35. The lowest BCUT2D eigenvalue weighted by atomic mass is 9.96. The average molecular weight is 581 g/mol. The fraction of sp³-hybridized carbons (Fsp3) is 0.0556. The molecule has 0 saturated carbocycles. The van der Waals surface area contributed by atoms with Crippen molar-refractivity contribution in [1.29, 1.82) is 0 Å². The predicted molar refractivity (Wildman–Crippen MR) is 166 cm³/mol. The molecule has 8 nitrogen and oxygen atoms in total. The average Bonchev–Trinajstić information content (AvgIpc) is 3.48. The van der Waals surface area contributed by atoms with Crippen molar-refractivity contribution in [2.24, 2.45) is 0 Å². The Morgan fingerprint density at radius 3 is 1.05 bits per heavy atom. The lowest BCUT2D eigenvalue weighted by Crippen LogP contribution is -2.29. The Balaban J connectivity index is 1.14. The number of carbonyl (C=O) groups excluding carboxylic acids is 4. The number of imide groups is 2. The van der Waals surface area contributed by atoms with E-state index in [0.29, 0.717) is 45.1 Å². The van der Waals surface area contributed by atoms with Crippen LogP contribution in [0.25, 0.3) is 22.3 Å². The summed E-state index contributed by atoms with van der Waals surface area (Å²) in [4.78, 5) is 55.1. The monoisotopic (exact) mass is 580 g/mol. The second-order valence-electron chi connectivity index (χ2n) is 10.4. The van der Waals surface area contributed by atoms with E-state index in [2.05, 4.69) is 0 Å². The van der Waals surface area contributed by atoms with Crippen molar-refractivity contribution in [2.75, 3.05) is 24.0 Å². The maximum atomic E-state index is 13.3. The molecule has 0 fully saturated rings. The molecule has 0 saturated heterocycles. The third-order valence-corrected chi connectivity index (χ3v) is 7.99. The summed E-state index contributed by atoms with van der Waals surface area (Å²) in [7, 11) is 3.11. The number of amides is 4. The number of carbonyl (C=O) groups is 4. The number of fused-ring (bicyclic) bond motifs is 2. The summed E-state index contributed by atoms with van der Waals surface area (Å²) in [5.74, 6) is -0.234. The Morgan fingerprint density at radius 2 is 0.705 bits per heavy atom. The van der Waals surface area contributed by atoms with Crippen LogP contribution in [0.15, 0.2) is 109 Å². The van der Waals surface area contributed by atoms with Crippen LogP contribution in [0.4, 0.5) is 11.4 Å². The van der Waals surface area contributed by atoms with E-state index < -0.39 is 0 Å². The van der Waals surface area contributed by atoms with Crippen molar-refractivity contribution in [3.05, 3.63) is 131 Å². The fourth-order valence-electron chi connectivity index (χ4n) is 5.63. The number of anilines is 2. The molecule has 2 aliphatic rings. The van der Waals surface area contributed by atoms with Gasteiger partial charge in [-0.25, -0.2) is 9.80 Å². The summed E-state index contributed by atoms with van der Waals surface area (Å²) >= 11 is 0. The van der Waals surface area contributed by atoms with Crippen LogP contribution in [-0.2, 0) is 0 Å². The molecule has 0 unspecified atom stereocenters. The second-order valence-corrected chi connectivity index (χ2v) is 10.4. The van der Waals surface area contributed by atoms with Gasteiger partial charge in [-0.2, -0.15) is 0 Å². The summed E-state index contributed by atoms with van der Waals surface area (Å²) < 4.78 is 10.4. The van der Waals surface area contributed by atoms with Gasteiger partial charge in [0.15, 0.2) is 0 Å². The summed E-state index contributed by atoms with van der Waals surface area (Å²) in [6, 6.07) is 31.7. The number of methoxy groups -OCH3 is 2. The van der Waals surface area contributed by atoms with Gasteiger partial charge in [0, 0.05) is 0 Å². The Hall–Kier alpha value is -6.02. The summed E-state index contributed by atoms with van der Waals surface area (Å²) in [6.07, 6.45) is 0. The van der Waals surface area contributed by atoms with Crippen LogP contribution in [0.1, 0.15) is 41.4 Å². The van der Waals surface area contributed by atoms with Gasteiger partial charge in [0.1, 0.15) is 11.5 Å². The lowest BCUT2D eigenvalue weighted by molar-refractivity contribution is 0.0910. The predicted octanol–water partition coefficient (Wildman–Crippen LogP) is 6.64. The SMILES string of the molecule is COc1ccc(N2C(=O)c3ccc(-c4ccc(-c5ccc6c(c5)C(=O)N(c5ccc(OC)cc5)C6=O)cc4)cc3C2=O)cc1. The molecule has 0 radical (unpaired) electrons. The molecule has 2 aliphatic heterocycles. The van der Waals surface area contributed by atoms with Crippen LogP contribution in [0.3, 0.4) is 0 Å². The summed E-state index contributed by atoms with van der Waals surface area (Å²) in [6.45, 7) is 0. The molecule has 5 aromatic rings. The fourth-order valence-corrected chi connectivity index (χ4v) is 5.63. The first-order valence-corrected chi connectivity index (χ1v) is 13.8. The van der Waals surface area contributed by atoms with Crippen LogP contribution in [0, 0.1) is 0 Å². The highest BCUT2D eigenvalue weighted by Gasteiger charge is 2.38. The van der Waals surface area contributed by atoms with Crippen LogP contribution < -0.4 is 19.3 Å². The second kappa shape index (κ2) is 10.4. The van der Waals surface area contributed by atoms with Gasteiger partial charge in [0.25, 0.3) is 23.6 Å². The minimum Gasteiger partial charge on any atom is -0.497 e. The van der Waals surface area contributed by atoms with Crippen LogP contribution in [0.2, 0.25) is 0 Å². The van der Waals surface area contributed by atoms with E-state index >= 15 is 0 Å². The Morgan fingerprint density at radius 1 is 0.386 bits per heavy atom. The van der Waals surface area contributed by atoms with E-state index in [1.807, 2.05) is 36.4 Å². The molecule has 7 rings (SSSR count). The minimum absolute atomic E-state index is 0.343. The molecule has 2 heterocycles. The van der Waals surface area contributed by atoms with E-state index in [9.17, 15) is 19.2 Å². The van der Waals surface area contributed by atoms with E-state index in [1.54, 1.807) is 87.0 Å². The molecule has 0 N–H and O–H groups in total. The topological polar surface area (TPSA) is 93.2 Å². The van der Waals surface area contributed by atoms with Gasteiger partial charge in [0.2, 0.25) is 0 Å².